The molecule has 0 spiro atoms. The van der Waals surface area contributed by atoms with Crippen LogP contribution in [0.3, 0.4) is 0 Å². The van der Waals surface area contributed by atoms with Crippen molar-refractivity contribution in [1.29, 1.82) is 0 Å². The fourth-order valence-electron chi connectivity index (χ4n) is 1.26. The Labute approximate surface area is 95.5 Å². The van der Waals surface area contributed by atoms with Crippen LogP contribution in [0.4, 0.5) is 4.39 Å². The van der Waals surface area contributed by atoms with E-state index < -0.39 is 5.82 Å². The van der Waals surface area contributed by atoms with Crippen molar-refractivity contribution in [2.45, 2.75) is 6.42 Å². The molecule has 0 saturated heterocycles. The van der Waals surface area contributed by atoms with E-state index in [9.17, 15) is 9.18 Å². The minimum absolute atomic E-state index is 0.00266. The van der Waals surface area contributed by atoms with Gasteiger partial charge < -0.3 is 0 Å². The molecule has 2 aromatic rings. The van der Waals surface area contributed by atoms with Crippen molar-refractivity contribution in [2.75, 3.05) is 0 Å². The SMILES string of the molecule is O=C(Cc1ccc(F)c(Cl)c1)c1ncn[nH]1. The molecule has 16 heavy (non-hydrogen) atoms. The highest BCUT2D eigenvalue weighted by molar-refractivity contribution is 6.30. The summed E-state index contributed by atoms with van der Waals surface area (Å²) in [4.78, 5) is 15.3. The molecule has 1 N–H and O–H groups in total. The van der Waals surface area contributed by atoms with Gasteiger partial charge in [-0.05, 0) is 17.7 Å². The number of aromatic nitrogens is 3. The lowest BCUT2D eigenvalue weighted by molar-refractivity contribution is 0.0983. The fraction of sp³-hybridized carbons (Fsp3) is 0.100. The summed E-state index contributed by atoms with van der Waals surface area (Å²) in [6, 6.07) is 4.16. The van der Waals surface area contributed by atoms with E-state index in [1.807, 2.05) is 0 Å². The number of carbonyl (C=O) groups is 1. The van der Waals surface area contributed by atoms with Gasteiger partial charge in [0.1, 0.15) is 12.1 Å². The normalized spacial score (nSPS) is 10.4. The number of H-pyrrole nitrogens is 1. The predicted octanol–water partition coefficient (Wildman–Crippen LogP) is 2.02. The smallest absolute Gasteiger partial charge is 0.203 e. The maximum atomic E-state index is 12.9. The van der Waals surface area contributed by atoms with Gasteiger partial charge in [-0.2, -0.15) is 5.10 Å². The Bertz CT molecular complexity index is 513. The molecule has 0 bridgehead atoms. The standard InChI is InChI=1S/C10H7ClFN3O/c11-7-3-6(1-2-8(7)12)4-9(16)10-13-5-14-15-10/h1-3,5H,4H2,(H,13,14,15). The Morgan fingerprint density at radius 3 is 2.94 bits per heavy atom. The number of aromatic amines is 1. The molecule has 0 aliphatic carbocycles. The van der Waals surface area contributed by atoms with Crippen LogP contribution in [-0.4, -0.2) is 21.0 Å². The summed E-state index contributed by atoms with van der Waals surface area (Å²) in [6.07, 6.45) is 1.36. The number of ketones is 1. The molecule has 6 heteroatoms. The van der Waals surface area contributed by atoms with Gasteiger partial charge in [0.2, 0.25) is 5.78 Å². The first-order valence-corrected chi connectivity index (χ1v) is 4.87. The van der Waals surface area contributed by atoms with Crippen molar-refractivity contribution < 1.29 is 9.18 Å². The summed E-state index contributed by atoms with van der Waals surface area (Å²) in [5, 5.41) is 6.04. The molecule has 0 fully saturated rings. The molecule has 0 saturated carbocycles. The van der Waals surface area contributed by atoms with Crippen LogP contribution in [0.5, 0.6) is 0 Å². The molecule has 0 atom stereocenters. The zero-order valence-electron chi connectivity index (χ0n) is 8.08. The summed E-state index contributed by atoms with van der Waals surface area (Å²) in [6.45, 7) is 0. The molecule has 82 valence electrons. The number of nitrogens with zero attached hydrogens (tertiary/aromatic N) is 2. The molecule has 0 amide bonds. The fourth-order valence-corrected chi connectivity index (χ4v) is 1.46. The van der Waals surface area contributed by atoms with Crippen molar-refractivity contribution in [3.05, 3.63) is 46.8 Å². The van der Waals surface area contributed by atoms with E-state index in [1.54, 1.807) is 0 Å². The third kappa shape index (κ3) is 2.25. The summed E-state index contributed by atoms with van der Waals surface area (Å²) < 4.78 is 12.9. The lowest BCUT2D eigenvalue weighted by Crippen LogP contribution is -2.05. The maximum absolute atomic E-state index is 12.9. The van der Waals surface area contributed by atoms with Gasteiger partial charge in [0.15, 0.2) is 5.82 Å². The van der Waals surface area contributed by atoms with Gasteiger partial charge in [0.05, 0.1) is 5.02 Å². The van der Waals surface area contributed by atoms with Gasteiger partial charge in [-0.25, -0.2) is 9.37 Å². The van der Waals surface area contributed by atoms with E-state index in [1.165, 1.54) is 24.5 Å². The molecule has 2 rings (SSSR count). The number of Topliss-reactive ketones (excluding diaryl/α,β-unsaturated/α-hetero) is 1. The van der Waals surface area contributed by atoms with Gasteiger partial charge >= 0.3 is 0 Å². The first-order valence-electron chi connectivity index (χ1n) is 4.49. The van der Waals surface area contributed by atoms with E-state index in [0.717, 1.165) is 0 Å². The number of nitrogens with one attached hydrogen (secondary N) is 1. The average Bonchev–Trinajstić information content (AvgIpc) is 2.77. The van der Waals surface area contributed by atoms with Crippen molar-refractivity contribution in [2.24, 2.45) is 0 Å². The van der Waals surface area contributed by atoms with E-state index in [4.69, 9.17) is 11.6 Å². The molecule has 1 heterocycles. The summed E-state index contributed by atoms with van der Waals surface area (Å²) >= 11 is 5.60. The number of rotatable bonds is 3. The van der Waals surface area contributed by atoms with Crippen molar-refractivity contribution in [3.63, 3.8) is 0 Å². The van der Waals surface area contributed by atoms with Crippen LogP contribution >= 0.6 is 11.6 Å². The van der Waals surface area contributed by atoms with E-state index >= 15 is 0 Å². The minimum Gasteiger partial charge on any atom is -0.290 e. The Morgan fingerprint density at radius 1 is 1.50 bits per heavy atom. The lowest BCUT2D eigenvalue weighted by Gasteiger charge is -2.00. The molecule has 1 aromatic heterocycles. The number of hydrogen-bond donors (Lipinski definition) is 1. The molecule has 1 aromatic carbocycles. The predicted molar refractivity (Wildman–Crippen MR) is 55.8 cm³/mol. The molecular formula is C10H7ClFN3O. The van der Waals surface area contributed by atoms with Crippen LogP contribution in [-0.2, 0) is 6.42 Å². The Morgan fingerprint density at radius 2 is 2.31 bits per heavy atom. The molecule has 4 nitrogen and oxygen atoms in total. The molecule has 0 unspecified atom stereocenters. The van der Waals surface area contributed by atoms with Crippen LogP contribution in [0, 0.1) is 5.82 Å². The van der Waals surface area contributed by atoms with Crippen molar-refractivity contribution in [3.8, 4) is 0 Å². The second-order valence-corrected chi connectivity index (χ2v) is 3.59. The average molecular weight is 240 g/mol. The summed E-state index contributed by atoms with van der Waals surface area (Å²) in [7, 11) is 0. The van der Waals surface area contributed by atoms with Crippen LogP contribution < -0.4 is 0 Å². The quantitative estimate of drug-likeness (QED) is 0.834. The topological polar surface area (TPSA) is 58.6 Å². The van der Waals surface area contributed by atoms with Gasteiger partial charge in [0, 0.05) is 6.42 Å². The van der Waals surface area contributed by atoms with Gasteiger partial charge in [-0.3, -0.25) is 9.89 Å². The highest BCUT2D eigenvalue weighted by atomic mass is 35.5. The Hall–Kier alpha value is -1.75. The van der Waals surface area contributed by atoms with E-state index in [-0.39, 0.29) is 23.1 Å². The number of benzene rings is 1. The largest absolute Gasteiger partial charge is 0.290 e. The summed E-state index contributed by atoms with van der Waals surface area (Å²) in [5.74, 6) is -0.543. The number of halogens is 2. The first-order chi connectivity index (χ1) is 7.66. The zero-order chi connectivity index (χ0) is 11.5. The molecular weight excluding hydrogens is 233 g/mol. The van der Waals surface area contributed by atoms with Gasteiger partial charge in [-0.1, -0.05) is 17.7 Å². The van der Waals surface area contributed by atoms with Crippen molar-refractivity contribution >= 4 is 17.4 Å². The van der Waals surface area contributed by atoms with Crippen LogP contribution in [0.1, 0.15) is 16.2 Å². The lowest BCUT2D eigenvalue weighted by atomic mass is 10.1. The minimum atomic E-state index is -0.502. The second-order valence-electron chi connectivity index (χ2n) is 3.18. The number of carbonyl (C=O) groups excluding carboxylic acids is 1. The third-order valence-corrected chi connectivity index (χ3v) is 2.32. The first kappa shape index (κ1) is 10.8. The monoisotopic (exact) mass is 239 g/mol. The molecule has 0 radical (unpaired) electrons. The number of hydrogen-bond acceptors (Lipinski definition) is 3. The maximum Gasteiger partial charge on any atom is 0.203 e. The Balaban J connectivity index is 2.15. The van der Waals surface area contributed by atoms with Crippen LogP contribution in [0.2, 0.25) is 5.02 Å². The van der Waals surface area contributed by atoms with E-state index in [0.29, 0.717) is 5.56 Å². The Kier molecular flexibility index (Phi) is 2.96. The van der Waals surface area contributed by atoms with Gasteiger partial charge in [0.25, 0.3) is 0 Å². The van der Waals surface area contributed by atoms with Crippen molar-refractivity contribution in [1.82, 2.24) is 15.2 Å². The second kappa shape index (κ2) is 4.40. The van der Waals surface area contributed by atoms with Crippen LogP contribution in [0.15, 0.2) is 24.5 Å². The highest BCUT2D eigenvalue weighted by Gasteiger charge is 2.10. The molecule has 0 aliphatic heterocycles. The van der Waals surface area contributed by atoms with Crippen LogP contribution in [0.25, 0.3) is 0 Å². The van der Waals surface area contributed by atoms with E-state index in [2.05, 4.69) is 15.2 Å². The third-order valence-electron chi connectivity index (χ3n) is 2.03. The highest BCUT2D eigenvalue weighted by Crippen LogP contribution is 2.16. The summed E-state index contributed by atoms with van der Waals surface area (Å²) in [5.41, 5.74) is 0.632. The molecule has 0 aliphatic rings. The zero-order valence-corrected chi connectivity index (χ0v) is 8.83. The van der Waals surface area contributed by atoms with Gasteiger partial charge in [-0.15, -0.1) is 0 Å².